The van der Waals surface area contributed by atoms with Crippen LogP contribution in [0, 0.1) is 0 Å². The molecular formula is C24H20N2O5. The molecule has 7 heteroatoms. The van der Waals surface area contributed by atoms with Crippen LogP contribution < -0.4 is 24.8 Å². The van der Waals surface area contributed by atoms with E-state index >= 15 is 0 Å². The van der Waals surface area contributed by atoms with Crippen LogP contribution in [-0.4, -0.2) is 25.7 Å². The van der Waals surface area contributed by atoms with Gasteiger partial charge in [0.1, 0.15) is 5.75 Å². The van der Waals surface area contributed by atoms with Gasteiger partial charge in [-0.15, -0.1) is 0 Å². The molecule has 0 saturated heterocycles. The van der Waals surface area contributed by atoms with E-state index in [1.807, 2.05) is 12.1 Å². The van der Waals surface area contributed by atoms with Crippen LogP contribution >= 0.6 is 0 Å². The van der Waals surface area contributed by atoms with E-state index in [9.17, 15) is 9.59 Å². The second-order valence-corrected chi connectivity index (χ2v) is 6.70. The SMILES string of the molecule is COc1ccc(NC(=O)c2ccc(NC(=O)/C=C/c3ccc4c(c3)OCO4)cc2)cc1. The lowest BCUT2D eigenvalue weighted by Gasteiger charge is -2.07. The zero-order valence-corrected chi connectivity index (χ0v) is 16.8. The number of methoxy groups -OCH3 is 1. The minimum Gasteiger partial charge on any atom is -0.497 e. The van der Waals surface area contributed by atoms with E-state index in [-0.39, 0.29) is 18.6 Å². The maximum atomic E-state index is 12.4. The monoisotopic (exact) mass is 416 g/mol. The maximum Gasteiger partial charge on any atom is 0.255 e. The third-order valence-corrected chi connectivity index (χ3v) is 4.59. The van der Waals surface area contributed by atoms with E-state index in [2.05, 4.69) is 10.6 Å². The molecule has 0 saturated carbocycles. The summed E-state index contributed by atoms with van der Waals surface area (Å²) in [7, 11) is 1.58. The lowest BCUT2D eigenvalue weighted by atomic mass is 10.1. The Morgan fingerprint density at radius 1 is 0.871 bits per heavy atom. The minimum absolute atomic E-state index is 0.205. The van der Waals surface area contributed by atoms with Gasteiger partial charge in [0.05, 0.1) is 7.11 Å². The smallest absolute Gasteiger partial charge is 0.255 e. The van der Waals surface area contributed by atoms with Crippen molar-refractivity contribution in [2.75, 3.05) is 24.5 Å². The lowest BCUT2D eigenvalue weighted by molar-refractivity contribution is -0.111. The summed E-state index contributed by atoms with van der Waals surface area (Å²) in [5, 5.41) is 5.58. The Morgan fingerprint density at radius 2 is 1.55 bits per heavy atom. The predicted octanol–water partition coefficient (Wildman–Crippen LogP) is 4.33. The first-order valence-electron chi connectivity index (χ1n) is 9.55. The van der Waals surface area contributed by atoms with Crippen molar-refractivity contribution >= 4 is 29.3 Å². The van der Waals surface area contributed by atoms with Gasteiger partial charge in [-0.1, -0.05) is 6.07 Å². The Kier molecular flexibility index (Phi) is 5.84. The molecule has 3 aromatic carbocycles. The van der Waals surface area contributed by atoms with Gasteiger partial charge in [0.15, 0.2) is 11.5 Å². The Balaban J connectivity index is 1.33. The van der Waals surface area contributed by atoms with Gasteiger partial charge in [-0.2, -0.15) is 0 Å². The highest BCUT2D eigenvalue weighted by molar-refractivity contribution is 6.05. The van der Waals surface area contributed by atoms with Gasteiger partial charge in [-0.3, -0.25) is 9.59 Å². The number of hydrogen-bond donors (Lipinski definition) is 2. The van der Waals surface area contributed by atoms with E-state index in [0.717, 1.165) is 5.56 Å². The molecule has 3 aromatic rings. The lowest BCUT2D eigenvalue weighted by Crippen LogP contribution is -2.12. The Bertz CT molecular complexity index is 1120. The molecule has 2 amide bonds. The summed E-state index contributed by atoms with van der Waals surface area (Å²) in [6, 6.07) is 19.2. The standard InChI is InChI=1S/C24H20N2O5/c1-29-20-10-8-19(9-11-20)26-24(28)17-4-6-18(7-5-17)25-23(27)13-3-16-2-12-21-22(14-16)31-15-30-21/h2-14H,15H2,1H3,(H,25,27)(H,26,28)/b13-3+. The first kappa shape index (κ1) is 20.0. The van der Waals surface area contributed by atoms with Gasteiger partial charge in [0, 0.05) is 23.0 Å². The topological polar surface area (TPSA) is 85.9 Å². The van der Waals surface area contributed by atoms with Crippen molar-refractivity contribution < 1.29 is 23.8 Å². The fourth-order valence-corrected chi connectivity index (χ4v) is 2.96. The molecule has 0 unspecified atom stereocenters. The van der Waals surface area contributed by atoms with E-state index in [4.69, 9.17) is 14.2 Å². The zero-order valence-electron chi connectivity index (χ0n) is 16.8. The second-order valence-electron chi connectivity index (χ2n) is 6.70. The second kappa shape index (κ2) is 9.04. The van der Waals surface area contributed by atoms with Crippen LogP contribution in [0.1, 0.15) is 15.9 Å². The summed E-state index contributed by atoms with van der Waals surface area (Å²) >= 11 is 0. The van der Waals surface area contributed by atoms with Gasteiger partial charge in [-0.25, -0.2) is 0 Å². The molecular weight excluding hydrogens is 396 g/mol. The first-order chi connectivity index (χ1) is 15.1. The molecule has 4 rings (SSSR count). The number of carbonyl (C=O) groups excluding carboxylic acids is 2. The zero-order chi connectivity index (χ0) is 21.6. The predicted molar refractivity (Wildman–Crippen MR) is 118 cm³/mol. The molecule has 7 nitrogen and oxygen atoms in total. The van der Waals surface area contributed by atoms with Crippen LogP contribution in [0.5, 0.6) is 17.2 Å². The van der Waals surface area contributed by atoms with Gasteiger partial charge in [0.25, 0.3) is 5.91 Å². The Hall–Kier alpha value is -4.26. The van der Waals surface area contributed by atoms with Crippen molar-refractivity contribution in [3.05, 3.63) is 83.9 Å². The van der Waals surface area contributed by atoms with Crippen molar-refractivity contribution in [1.82, 2.24) is 0 Å². The number of nitrogens with one attached hydrogen (secondary N) is 2. The molecule has 0 radical (unpaired) electrons. The highest BCUT2D eigenvalue weighted by Crippen LogP contribution is 2.32. The molecule has 0 atom stereocenters. The average Bonchev–Trinajstić information content (AvgIpc) is 3.26. The number of hydrogen-bond acceptors (Lipinski definition) is 5. The van der Waals surface area contributed by atoms with Crippen LogP contribution in [0.3, 0.4) is 0 Å². The summed E-state index contributed by atoms with van der Waals surface area (Å²) in [5.74, 6) is 1.54. The van der Waals surface area contributed by atoms with Crippen molar-refractivity contribution in [3.8, 4) is 17.2 Å². The first-order valence-corrected chi connectivity index (χ1v) is 9.55. The number of fused-ring (bicyclic) bond motifs is 1. The fraction of sp³-hybridized carbons (Fsp3) is 0.0833. The molecule has 1 aliphatic heterocycles. The average molecular weight is 416 g/mol. The fourth-order valence-electron chi connectivity index (χ4n) is 2.96. The number of amides is 2. The maximum absolute atomic E-state index is 12.4. The largest absolute Gasteiger partial charge is 0.497 e. The molecule has 0 bridgehead atoms. The van der Waals surface area contributed by atoms with Crippen LogP contribution in [0.15, 0.2) is 72.8 Å². The van der Waals surface area contributed by atoms with Crippen LogP contribution in [0.25, 0.3) is 6.08 Å². The third-order valence-electron chi connectivity index (χ3n) is 4.59. The van der Waals surface area contributed by atoms with Gasteiger partial charge in [-0.05, 0) is 72.3 Å². The Labute approximate surface area is 179 Å². The molecule has 1 aliphatic rings. The quantitative estimate of drug-likeness (QED) is 0.584. The normalized spacial score (nSPS) is 11.9. The molecule has 0 spiro atoms. The highest BCUT2D eigenvalue weighted by Gasteiger charge is 2.12. The third kappa shape index (κ3) is 5.02. The number of anilines is 2. The molecule has 1 heterocycles. The van der Waals surface area contributed by atoms with E-state index in [1.54, 1.807) is 67.8 Å². The summed E-state index contributed by atoms with van der Waals surface area (Å²) in [5.41, 5.74) is 2.55. The van der Waals surface area contributed by atoms with Crippen LogP contribution in [0.2, 0.25) is 0 Å². The van der Waals surface area contributed by atoms with Crippen molar-refractivity contribution in [2.45, 2.75) is 0 Å². The van der Waals surface area contributed by atoms with Crippen molar-refractivity contribution in [1.29, 1.82) is 0 Å². The van der Waals surface area contributed by atoms with Gasteiger partial charge in [0.2, 0.25) is 12.7 Å². The summed E-state index contributed by atoms with van der Waals surface area (Å²) in [6.45, 7) is 0.205. The molecule has 0 aliphatic carbocycles. The Morgan fingerprint density at radius 3 is 2.29 bits per heavy atom. The van der Waals surface area contributed by atoms with Gasteiger partial charge >= 0.3 is 0 Å². The van der Waals surface area contributed by atoms with E-state index in [1.165, 1.54) is 6.08 Å². The van der Waals surface area contributed by atoms with Crippen LogP contribution in [-0.2, 0) is 4.79 Å². The van der Waals surface area contributed by atoms with Crippen LogP contribution in [0.4, 0.5) is 11.4 Å². The molecule has 31 heavy (non-hydrogen) atoms. The van der Waals surface area contributed by atoms with E-state index in [0.29, 0.717) is 34.2 Å². The summed E-state index contributed by atoms with van der Waals surface area (Å²) < 4.78 is 15.7. The molecule has 0 aromatic heterocycles. The van der Waals surface area contributed by atoms with Crippen molar-refractivity contribution in [2.24, 2.45) is 0 Å². The summed E-state index contributed by atoms with van der Waals surface area (Å²) in [4.78, 5) is 24.6. The molecule has 2 N–H and O–H groups in total. The number of carbonyl (C=O) groups is 2. The number of rotatable bonds is 6. The number of ether oxygens (including phenoxy) is 3. The van der Waals surface area contributed by atoms with Gasteiger partial charge < -0.3 is 24.8 Å². The molecule has 0 fully saturated rings. The summed E-state index contributed by atoms with van der Waals surface area (Å²) in [6.07, 6.45) is 3.12. The minimum atomic E-state index is -0.284. The number of benzene rings is 3. The molecule has 156 valence electrons. The highest BCUT2D eigenvalue weighted by atomic mass is 16.7. The van der Waals surface area contributed by atoms with E-state index < -0.39 is 0 Å². The van der Waals surface area contributed by atoms with Crippen molar-refractivity contribution in [3.63, 3.8) is 0 Å².